The van der Waals surface area contributed by atoms with Gasteiger partial charge in [-0.15, -0.1) is 0 Å². The first-order valence-corrected chi connectivity index (χ1v) is 5.34. The van der Waals surface area contributed by atoms with Crippen molar-refractivity contribution in [2.75, 3.05) is 6.61 Å². The van der Waals surface area contributed by atoms with E-state index in [4.69, 9.17) is 9.52 Å². The number of aliphatic hydroxyl groups is 2. The van der Waals surface area contributed by atoms with Gasteiger partial charge in [-0.2, -0.15) is 0 Å². The van der Waals surface area contributed by atoms with Crippen molar-refractivity contribution < 1.29 is 19.4 Å². The third-order valence-corrected chi connectivity index (χ3v) is 2.97. The van der Waals surface area contributed by atoms with Crippen molar-refractivity contribution in [3.8, 4) is 0 Å². The Morgan fingerprint density at radius 1 is 1.56 bits per heavy atom. The van der Waals surface area contributed by atoms with Gasteiger partial charge in [0, 0.05) is 18.6 Å². The summed E-state index contributed by atoms with van der Waals surface area (Å²) in [6.07, 6.45) is 1.99. The number of furan rings is 1. The van der Waals surface area contributed by atoms with Crippen LogP contribution in [0.25, 0.3) is 0 Å². The molecule has 16 heavy (non-hydrogen) atoms. The Labute approximate surface area is 93.1 Å². The van der Waals surface area contributed by atoms with Crippen molar-refractivity contribution >= 4 is 5.91 Å². The molecular weight excluding hydrogens is 210 g/mol. The fourth-order valence-corrected chi connectivity index (χ4v) is 2.08. The summed E-state index contributed by atoms with van der Waals surface area (Å²) < 4.78 is 4.96. The number of hydrogen-bond acceptors (Lipinski definition) is 4. The average molecular weight is 225 g/mol. The van der Waals surface area contributed by atoms with Gasteiger partial charge in [0.05, 0.1) is 12.4 Å². The maximum Gasteiger partial charge on any atom is 0.287 e. The molecule has 5 heteroatoms. The van der Waals surface area contributed by atoms with Gasteiger partial charge in [-0.1, -0.05) is 0 Å². The second-order valence-electron chi connectivity index (χ2n) is 4.13. The van der Waals surface area contributed by atoms with Crippen molar-refractivity contribution in [1.82, 2.24) is 5.32 Å². The molecule has 0 saturated heterocycles. The molecule has 1 saturated carbocycles. The maximum absolute atomic E-state index is 11.6. The van der Waals surface area contributed by atoms with Crippen LogP contribution in [0.5, 0.6) is 0 Å². The monoisotopic (exact) mass is 225 g/mol. The third kappa shape index (κ3) is 2.25. The molecule has 3 N–H and O–H groups in total. The summed E-state index contributed by atoms with van der Waals surface area (Å²) in [4.78, 5) is 11.6. The van der Waals surface area contributed by atoms with Gasteiger partial charge in [0.15, 0.2) is 5.76 Å². The van der Waals surface area contributed by atoms with Gasteiger partial charge >= 0.3 is 0 Å². The lowest BCUT2D eigenvalue weighted by Crippen LogP contribution is -2.33. The minimum absolute atomic E-state index is 0.0473. The molecule has 1 aliphatic rings. The van der Waals surface area contributed by atoms with Crippen molar-refractivity contribution in [3.63, 3.8) is 0 Å². The van der Waals surface area contributed by atoms with Gasteiger partial charge in [0.2, 0.25) is 0 Å². The topological polar surface area (TPSA) is 82.7 Å². The van der Waals surface area contributed by atoms with E-state index in [1.807, 2.05) is 0 Å². The third-order valence-electron chi connectivity index (χ3n) is 2.97. The van der Waals surface area contributed by atoms with Crippen molar-refractivity contribution in [2.24, 2.45) is 5.92 Å². The van der Waals surface area contributed by atoms with E-state index in [1.54, 1.807) is 12.1 Å². The van der Waals surface area contributed by atoms with Crippen molar-refractivity contribution in [3.05, 3.63) is 24.2 Å². The van der Waals surface area contributed by atoms with E-state index in [1.165, 1.54) is 6.26 Å². The molecule has 0 bridgehead atoms. The molecule has 0 aliphatic heterocycles. The lowest BCUT2D eigenvalue weighted by atomic mass is 10.1. The standard InChI is InChI=1S/C11H15NO4/c13-6-7-4-8(5-9(7)14)12-11(15)10-2-1-3-16-10/h1-3,7-9,13-14H,4-6H2,(H,12,15). The zero-order chi connectivity index (χ0) is 11.5. The molecule has 1 aromatic rings. The predicted molar refractivity (Wildman–Crippen MR) is 55.8 cm³/mol. The first-order valence-electron chi connectivity index (χ1n) is 5.34. The molecule has 1 aliphatic carbocycles. The van der Waals surface area contributed by atoms with E-state index >= 15 is 0 Å². The number of carbonyl (C=O) groups excluding carboxylic acids is 1. The summed E-state index contributed by atoms with van der Waals surface area (Å²) in [6.45, 7) is -0.0473. The summed E-state index contributed by atoms with van der Waals surface area (Å²) >= 11 is 0. The molecule has 0 radical (unpaired) electrons. The highest BCUT2D eigenvalue weighted by molar-refractivity contribution is 5.91. The summed E-state index contributed by atoms with van der Waals surface area (Å²) in [5, 5.41) is 21.3. The molecule has 3 unspecified atom stereocenters. The number of carbonyl (C=O) groups is 1. The molecule has 0 spiro atoms. The van der Waals surface area contributed by atoms with Gasteiger partial charge in [0.25, 0.3) is 5.91 Å². The highest BCUT2D eigenvalue weighted by Crippen LogP contribution is 2.25. The smallest absolute Gasteiger partial charge is 0.287 e. The zero-order valence-electron chi connectivity index (χ0n) is 8.80. The molecule has 1 fully saturated rings. The second kappa shape index (κ2) is 4.67. The van der Waals surface area contributed by atoms with Crippen LogP contribution in [0.1, 0.15) is 23.4 Å². The Balaban J connectivity index is 1.90. The van der Waals surface area contributed by atoms with Crippen LogP contribution in [-0.4, -0.2) is 34.9 Å². The van der Waals surface area contributed by atoms with Crippen LogP contribution in [0.4, 0.5) is 0 Å². The SMILES string of the molecule is O=C(NC1CC(O)C(CO)C1)c1ccco1. The fourth-order valence-electron chi connectivity index (χ4n) is 2.08. The maximum atomic E-state index is 11.6. The van der Waals surface area contributed by atoms with Gasteiger partial charge < -0.3 is 19.9 Å². The molecule has 1 aromatic heterocycles. The van der Waals surface area contributed by atoms with Crippen LogP contribution in [0.3, 0.4) is 0 Å². The molecular formula is C11H15NO4. The van der Waals surface area contributed by atoms with Crippen LogP contribution in [0.2, 0.25) is 0 Å². The Hall–Kier alpha value is -1.33. The number of rotatable bonds is 3. The van der Waals surface area contributed by atoms with Gasteiger partial charge in [-0.05, 0) is 25.0 Å². The Bertz CT molecular complexity index is 349. The van der Waals surface area contributed by atoms with Crippen molar-refractivity contribution in [1.29, 1.82) is 0 Å². The van der Waals surface area contributed by atoms with Crippen LogP contribution >= 0.6 is 0 Å². The minimum atomic E-state index is -0.535. The number of nitrogens with one attached hydrogen (secondary N) is 1. The Morgan fingerprint density at radius 2 is 2.38 bits per heavy atom. The van der Waals surface area contributed by atoms with Crippen LogP contribution in [0, 0.1) is 5.92 Å². The molecule has 3 atom stereocenters. The van der Waals surface area contributed by atoms with E-state index in [0.29, 0.717) is 12.8 Å². The number of amides is 1. The van der Waals surface area contributed by atoms with E-state index in [2.05, 4.69) is 5.32 Å². The second-order valence-corrected chi connectivity index (χ2v) is 4.13. The quantitative estimate of drug-likeness (QED) is 0.683. The molecule has 5 nitrogen and oxygen atoms in total. The van der Waals surface area contributed by atoms with E-state index < -0.39 is 6.10 Å². The highest BCUT2D eigenvalue weighted by atomic mass is 16.3. The average Bonchev–Trinajstić information content (AvgIpc) is 2.87. The summed E-state index contributed by atoms with van der Waals surface area (Å²) in [6, 6.07) is 3.14. The van der Waals surface area contributed by atoms with Gasteiger partial charge in [0.1, 0.15) is 0 Å². The minimum Gasteiger partial charge on any atom is -0.459 e. The summed E-state index contributed by atoms with van der Waals surface area (Å²) in [5.41, 5.74) is 0. The fraction of sp³-hybridized carbons (Fsp3) is 0.545. The lowest BCUT2D eigenvalue weighted by Gasteiger charge is -2.10. The van der Waals surface area contributed by atoms with Crippen LogP contribution in [0.15, 0.2) is 22.8 Å². The molecule has 2 rings (SSSR count). The zero-order valence-corrected chi connectivity index (χ0v) is 8.80. The first kappa shape index (κ1) is 11.2. The summed E-state index contributed by atoms with van der Waals surface area (Å²) in [5.74, 6) is -0.148. The first-order chi connectivity index (χ1) is 7.70. The largest absolute Gasteiger partial charge is 0.459 e. The molecule has 0 aromatic carbocycles. The Kier molecular flexibility index (Phi) is 3.26. The lowest BCUT2D eigenvalue weighted by molar-refractivity contribution is 0.0895. The number of aliphatic hydroxyl groups excluding tert-OH is 2. The van der Waals surface area contributed by atoms with E-state index in [9.17, 15) is 9.90 Å². The van der Waals surface area contributed by atoms with Crippen LogP contribution < -0.4 is 5.32 Å². The number of hydrogen-bond donors (Lipinski definition) is 3. The molecule has 88 valence electrons. The Morgan fingerprint density at radius 3 is 2.94 bits per heavy atom. The van der Waals surface area contributed by atoms with E-state index in [0.717, 1.165) is 0 Å². The van der Waals surface area contributed by atoms with Gasteiger partial charge in [-0.3, -0.25) is 4.79 Å². The predicted octanol–water partition coefficient (Wildman–Crippen LogP) is 0.141. The van der Waals surface area contributed by atoms with Crippen molar-refractivity contribution in [2.45, 2.75) is 25.0 Å². The van der Waals surface area contributed by atoms with Crippen LogP contribution in [-0.2, 0) is 0 Å². The highest BCUT2D eigenvalue weighted by Gasteiger charge is 2.33. The molecule has 1 heterocycles. The summed E-state index contributed by atoms with van der Waals surface area (Å²) in [7, 11) is 0. The molecule has 1 amide bonds. The normalized spacial score (nSPS) is 29.2. The van der Waals surface area contributed by atoms with Gasteiger partial charge in [-0.25, -0.2) is 0 Å². The van der Waals surface area contributed by atoms with E-state index in [-0.39, 0.29) is 30.2 Å².